The average molecular weight is 383 g/mol. The van der Waals surface area contributed by atoms with E-state index >= 15 is 0 Å². The van der Waals surface area contributed by atoms with Gasteiger partial charge in [-0.15, -0.1) is 0 Å². The Labute approximate surface area is 164 Å². The molecule has 0 saturated carbocycles. The van der Waals surface area contributed by atoms with Gasteiger partial charge in [0, 0.05) is 47.6 Å². The summed E-state index contributed by atoms with van der Waals surface area (Å²) in [7, 11) is 0. The molecule has 1 atom stereocenters. The molecule has 0 amide bonds. The summed E-state index contributed by atoms with van der Waals surface area (Å²) in [5.41, 5.74) is 4.83. The summed E-state index contributed by atoms with van der Waals surface area (Å²) in [6.07, 6.45) is 2.54. The molecule has 3 aromatic rings. The van der Waals surface area contributed by atoms with Crippen molar-refractivity contribution in [1.82, 2.24) is 14.9 Å². The minimum atomic E-state index is -0.207. The van der Waals surface area contributed by atoms with Gasteiger partial charge in [0.05, 0.1) is 6.10 Å². The zero-order valence-electron chi connectivity index (χ0n) is 15.5. The molecule has 2 aromatic heterocycles. The first-order valence-electron chi connectivity index (χ1n) is 9.18. The van der Waals surface area contributed by atoms with Gasteiger partial charge in [-0.25, -0.2) is 4.98 Å². The smallest absolute Gasteiger partial charge is 0.157 e. The number of aryl methyl sites for hydroxylation is 1. The highest BCUT2D eigenvalue weighted by Gasteiger charge is 2.20. The molecule has 2 N–H and O–H groups in total. The van der Waals surface area contributed by atoms with Gasteiger partial charge in [-0.2, -0.15) is 0 Å². The third kappa shape index (κ3) is 3.90. The number of nitrogens with zero attached hydrogens (tertiary/aromatic N) is 3. The Morgan fingerprint density at radius 3 is 2.93 bits per heavy atom. The largest absolute Gasteiger partial charge is 0.392 e. The van der Waals surface area contributed by atoms with Crippen molar-refractivity contribution in [2.45, 2.75) is 32.9 Å². The SMILES string of the molecule is Cc1cc2cc(CN3CC[C@@H](O)C3)cnc2c(Nc2cccc(Cl)c2C)n1. The fourth-order valence-electron chi connectivity index (χ4n) is 3.58. The highest BCUT2D eigenvalue weighted by atomic mass is 35.5. The highest BCUT2D eigenvalue weighted by Crippen LogP contribution is 2.29. The van der Waals surface area contributed by atoms with E-state index in [0.29, 0.717) is 0 Å². The molecule has 1 aliphatic rings. The van der Waals surface area contributed by atoms with Crippen LogP contribution in [0.1, 0.15) is 23.2 Å². The van der Waals surface area contributed by atoms with Gasteiger partial charge in [-0.1, -0.05) is 17.7 Å². The van der Waals surface area contributed by atoms with Crippen molar-refractivity contribution in [2.24, 2.45) is 0 Å². The first-order chi connectivity index (χ1) is 13.0. The first kappa shape index (κ1) is 18.2. The zero-order chi connectivity index (χ0) is 19.0. The fraction of sp³-hybridized carbons (Fsp3) is 0.333. The second-order valence-electron chi connectivity index (χ2n) is 7.24. The third-order valence-corrected chi connectivity index (χ3v) is 5.43. The normalized spacial score (nSPS) is 17.6. The van der Waals surface area contributed by atoms with E-state index in [1.165, 1.54) is 0 Å². The minimum Gasteiger partial charge on any atom is -0.392 e. The number of pyridine rings is 2. The van der Waals surface area contributed by atoms with Crippen LogP contribution in [0.3, 0.4) is 0 Å². The predicted molar refractivity (Wildman–Crippen MR) is 110 cm³/mol. The third-order valence-electron chi connectivity index (χ3n) is 5.03. The molecule has 1 aliphatic heterocycles. The lowest BCUT2D eigenvalue weighted by Gasteiger charge is -2.16. The molecule has 1 saturated heterocycles. The van der Waals surface area contributed by atoms with Gasteiger partial charge in [0.15, 0.2) is 5.82 Å². The lowest BCUT2D eigenvalue weighted by Crippen LogP contribution is -2.21. The number of aliphatic hydroxyl groups is 1. The monoisotopic (exact) mass is 382 g/mol. The maximum atomic E-state index is 9.72. The van der Waals surface area contributed by atoms with E-state index in [9.17, 15) is 5.11 Å². The molecule has 3 heterocycles. The molecule has 0 aliphatic carbocycles. The van der Waals surface area contributed by atoms with E-state index in [-0.39, 0.29) is 6.10 Å². The topological polar surface area (TPSA) is 61.3 Å². The van der Waals surface area contributed by atoms with Crippen molar-refractivity contribution in [3.63, 3.8) is 0 Å². The van der Waals surface area contributed by atoms with Gasteiger partial charge >= 0.3 is 0 Å². The van der Waals surface area contributed by atoms with Crippen molar-refractivity contribution in [3.05, 3.63) is 58.4 Å². The number of rotatable bonds is 4. The number of aliphatic hydroxyl groups excluding tert-OH is 1. The molecule has 5 nitrogen and oxygen atoms in total. The summed E-state index contributed by atoms with van der Waals surface area (Å²) >= 11 is 6.24. The van der Waals surface area contributed by atoms with Gasteiger partial charge in [0.25, 0.3) is 0 Å². The lowest BCUT2D eigenvalue weighted by molar-refractivity contribution is 0.175. The summed E-state index contributed by atoms with van der Waals surface area (Å²) in [5.74, 6) is 0.735. The van der Waals surface area contributed by atoms with Crippen molar-refractivity contribution in [3.8, 4) is 0 Å². The Bertz CT molecular complexity index is 991. The molecule has 1 fully saturated rings. The minimum absolute atomic E-state index is 0.207. The van der Waals surface area contributed by atoms with Gasteiger partial charge < -0.3 is 10.4 Å². The Kier molecular flexibility index (Phi) is 5.00. The number of anilines is 2. The Hall–Kier alpha value is -2.21. The quantitative estimate of drug-likeness (QED) is 0.707. The van der Waals surface area contributed by atoms with E-state index < -0.39 is 0 Å². The molecule has 140 valence electrons. The Balaban J connectivity index is 1.66. The van der Waals surface area contributed by atoms with Crippen LogP contribution in [-0.2, 0) is 6.54 Å². The van der Waals surface area contributed by atoms with Crippen LogP contribution in [0.25, 0.3) is 10.9 Å². The van der Waals surface area contributed by atoms with Crippen molar-refractivity contribution in [1.29, 1.82) is 0 Å². The van der Waals surface area contributed by atoms with E-state index in [2.05, 4.69) is 32.3 Å². The number of aromatic nitrogens is 2. The van der Waals surface area contributed by atoms with Crippen LogP contribution in [0.5, 0.6) is 0 Å². The number of β-amino-alcohol motifs (C(OH)–C–C–N with tert-alkyl or cyclic N) is 1. The van der Waals surface area contributed by atoms with Crippen LogP contribution >= 0.6 is 11.6 Å². The van der Waals surface area contributed by atoms with E-state index in [0.717, 1.165) is 70.3 Å². The first-order valence-corrected chi connectivity index (χ1v) is 9.56. The van der Waals surface area contributed by atoms with Crippen LogP contribution < -0.4 is 5.32 Å². The summed E-state index contributed by atoms with van der Waals surface area (Å²) in [5, 5.41) is 14.9. The van der Waals surface area contributed by atoms with Crippen LogP contribution in [0.15, 0.2) is 36.5 Å². The molecule has 27 heavy (non-hydrogen) atoms. The molecule has 0 bridgehead atoms. The second kappa shape index (κ2) is 7.43. The number of nitrogens with one attached hydrogen (secondary N) is 1. The van der Waals surface area contributed by atoms with Crippen molar-refractivity contribution >= 4 is 34.0 Å². The van der Waals surface area contributed by atoms with Gasteiger partial charge in [-0.05, 0) is 55.7 Å². The number of likely N-dealkylation sites (tertiary alicyclic amines) is 1. The fourth-order valence-corrected chi connectivity index (χ4v) is 3.75. The standard InChI is InChI=1S/C21H23ClN4O/c1-13-8-16-9-15(11-26-7-6-17(27)12-26)10-23-20(16)21(24-13)25-19-5-3-4-18(22)14(19)2/h3-5,8-10,17,27H,6-7,11-12H2,1-2H3,(H,24,25)/t17-/m1/s1. The Morgan fingerprint density at radius 1 is 1.30 bits per heavy atom. The van der Waals surface area contributed by atoms with E-state index in [1.54, 1.807) is 0 Å². The second-order valence-corrected chi connectivity index (χ2v) is 7.65. The molecule has 4 rings (SSSR count). The van der Waals surface area contributed by atoms with Gasteiger partial charge in [0.1, 0.15) is 5.52 Å². The number of hydrogen-bond acceptors (Lipinski definition) is 5. The maximum absolute atomic E-state index is 9.72. The molecule has 6 heteroatoms. The van der Waals surface area contributed by atoms with Crippen LogP contribution in [0.4, 0.5) is 11.5 Å². The summed E-state index contributed by atoms with van der Waals surface area (Å²) in [4.78, 5) is 11.6. The molecular weight excluding hydrogens is 360 g/mol. The summed E-state index contributed by atoms with van der Waals surface area (Å²) < 4.78 is 0. The number of hydrogen-bond donors (Lipinski definition) is 2. The molecule has 0 radical (unpaired) electrons. The molecule has 0 spiro atoms. The highest BCUT2D eigenvalue weighted by molar-refractivity contribution is 6.31. The zero-order valence-corrected chi connectivity index (χ0v) is 16.3. The lowest BCUT2D eigenvalue weighted by atomic mass is 10.1. The number of benzene rings is 1. The molecule has 0 unspecified atom stereocenters. The van der Waals surface area contributed by atoms with Crippen LogP contribution in [0.2, 0.25) is 5.02 Å². The van der Waals surface area contributed by atoms with Crippen molar-refractivity contribution < 1.29 is 5.11 Å². The average Bonchev–Trinajstić information content (AvgIpc) is 3.03. The number of halogens is 1. The Morgan fingerprint density at radius 2 is 2.15 bits per heavy atom. The van der Waals surface area contributed by atoms with Gasteiger partial charge in [-0.3, -0.25) is 9.88 Å². The van der Waals surface area contributed by atoms with Crippen LogP contribution in [0, 0.1) is 13.8 Å². The van der Waals surface area contributed by atoms with Crippen LogP contribution in [-0.4, -0.2) is 39.2 Å². The maximum Gasteiger partial charge on any atom is 0.157 e. The predicted octanol–water partition coefficient (Wildman–Crippen LogP) is 4.21. The van der Waals surface area contributed by atoms with Gasteiger partial charge in [0.2, 0.25) is 0 Å². The summed E-state index contributed by atoms with van der Waals surface area (Å²) in [6.45, 7) is 6.43. The summed E-state index contributed by atoms with van der Waals surface area (Å²) in [6, 6.07) is 10.0. The van der Waals surface area contributed by atoms with E-state index in [4.69, 9.17) is 11.6 Å². The molecular formula is C21H23ClN4O. The molecule has 1 aromatic carbocycles. The van der Waals surface area contributed by atoms with Crippen molar-refractivity contribution in [2.75, 3.05) is 18.4 Å². The van der Waals surface area contributed by atoms with E-state index in [1.807, 2.05) is 38.2 Å². The number of fused-ring (bicyclic) bond motifs is 1.